The van der Waals surface area contributed by atoms with Gasteiger partial charge in [0.05, 0.1) is 10.5 Å². The smallest absolute Gasteiger partial charge is 0.315 e. The summed E-state index contributed by atoms with van der Waals surface area (Å²) in [4.78, 5) is 17.9. The number of halogens is 1. The van der Waals surface area contributed by atoms with E-state index in [1.807, 2.05) is 0 Å². The summed E-state index contributed by atoms with van der Waals surface area (Å²) in [5, 5.41) is 33.7. The van der Waals surface area contributed by atoms with Gasteiger partial charge in [0.2, 0.25) is 17.5 Å². The zero-order valence-electron chi connectivity index (χ0n) is 11.6. The van der Waals surface area contributed by atoms with Gasteiger partial charge in [-0.05, 0) is 12.1 Å². The summed E-state index contributed by atoms with van der Waals surface area (Å²) >= 11 is 5.22. The molecular formula is C13H7ClN4O6. The molecule has 2 N–H and O–H groups in total. The van der Waals surface area contributed by atoms with Gasteiger partial charge in [0.25, 0.3) is 5.89 Å². The van der Waals surface area contributed by atoms with Gasteiger partial charge in [-0.15, -0.1) is 0 Å². The van der Waals surface area contributed by atoms with Crippen molar-refractivity contribution in [1.29, 1.82) is 0 Å². The Balaban J connectivity index is 2.03. The molecule has 122 valence electrons. The number of rotatable bonds is 4. The molecule has 0 aliphatic carbocycles. The van der Waals surface area contributed by atoms with Crippen LogP contribution in [0.4, 0.5) is 5.69 Å². The molecule has 0 saturated heterocycles. The number of pyridine rings is 1. The van der Waals surface area contributed by atoms with Gasteiger partial charge in [-0.3, -0.25) is 10.1 Å². The molecule has 0 radical (unpaired) electrons. The van der Waals surface area contributed by atoms with E-state index in [4.69, 9.17) is 16.4 Å². The van der Waals surface area contributed by atoms with Crippen molar-refractivity contribution in [3.05, 3.63) is 40.6 Å². The molecule has 0 spiro atoms. The molecule has 0 aliphatic heterocycles. The molecule has 0 fully saturated rings. The van der Waals surface area contributed by atoms with Crippen molar-refractivity contribution in [3.8, 4) is 40.2 Å². The van der Waals surface area contributed by atoms with Crippen LogP contribution in [-0.4, -0.2) is 30.3 Å². The summed E-state index contributed by atoms with van der Waals surface area (Å²) < 4.78 is 9.52. The molecule has 3 rings (SSSR count). The van der Waals surface area contributed by atoms with E-state index < -0.39 is 22.1 Å². The first-order chi connectivity index (χ1) is 11.5. The third kappa shape index (κ3) is 2.77. The van der Waals surface area contributed by atoms with Crippen LogP contribution in [0.3, 0.4) is 0 Å². The Labute approximate surface area is 138 Å². The summed E-state index contributed by atoms with van der Waals surface area (Å²) in [7, 11) is 0. The number of nitro benzene ring substituents is 1. The normalized spacial score (nSPS) is 10.5. The predicted octanol–water partition coefficient (Wildman–Crippen LogP) is 2.65. The largest absolute Gasteiger partial charge is 0.504 e. The summed E-state index contributed by atoms with van der Waals surface area (Å²) in [5.41, 5.74) is -0.140. The number of aromatic nitrogens is 3. The molecule has 0 saturated carbocycles. The fourth-order valence-corrected chi connectivity index (χ4v) is 2.00. The van der Waals surface area contributed by atoms with Crippen LogP contribution in [0.15, 0.2) is 35.0 Å². The highest BCUT2D eigenvalue weighted by molar-refractivity contribution is 6.08. The Kier molecular flexibility index (Phi) is 3.88. The van der Waals surface area contributed by atoms with Gasteiger partial charge in [-0.25, -0.2) is 4.98 Å². The van der Waals surface area contributed by atoms with Gasteiger partial charge < -0.3 is 19.0 Å². The zero-order chi connectivity index (χ0) is 17.3. The highest BCUT2D eigenvalue weighted by Gasteiger charge is 2.22. The number of benzene rings is 1. The highest BCUT2D eigenvalue weighted by Crippen LogP contribution is 2.39. The summed E-state index contributed by atoms with van der Waals surface area (Å²) in [5.74, 6) is -1.34. The van der Waals surface area contributed by atoms with Crippen LogP contribution in [0, 0.1) is 10.1 Å². The van der Waals surface area contributed by atoms with Crippen LogP contribution in [-0.2, 0) is 0 Å². The van der Waals surface area contributed by atoms with Crippen molar-refractivity contribution in [1.82, 2.24) is 15.1 Å². The lowest BCUT2D eigenvalue weighted by atomic mass is 10.1. The predicted molar refractivity (Wildman–Crippen MR) is 79.4 cm³/mol. The molecule has 11 heteroatoms. The van der Waals surface area contributed by atoms with E-state index in [9.17, 15) is 20.3 Å². The second-order valence-corrected chi connectivity index (χ2v) is 4.66. The van der Waals surface area contributed by atoms with Crippen molar-refractivity contribution in [2.75, 3.05) is 0 Å². The fourth-order valence-electron chi connectivity index (χ4n) is 1.92. The number of nitro groups is 1. The number of aromatic hydroxyl groups is 2. The minimum absolute atomic E-state index is 0.0682. The zero-order valence-corrected chi connectivity index (χ0v) is 12.3. The molecule has 0 atom stereocenters. The fraction of sp³-hybridized carbons (Fsp3) is 0. The number of nitrogens with zero attached hydrogens (tertiary/aromatic N) is 4. The van der Waals surface area contributed by atoms with Crippen molar-refractivity contribution in [2.24, 2.45) is 0 Å². The molecule has 3 aromatic rings. The van der Waals surface area contributed by atoms with Gasteiger partial charge in [0.15, 0.2) is 5.75 Å². The Bertz CT molecular complexity index is 929. The van der Waals surface area contributed by atoms with E-state index in [1.165, 1.54) is 12.3 Å². The quantitative estimate of drug-likeness (QED) is 0.412. The van der Waals surface area contributed by atoms with Gasteiger partial charge in [-0.1, -0.05) is 5.16 Å². The Hall–Kier alpha value is -3.40. The number of phenols is 2. The summed E-state index contributed by atoms with van der Waals surface area (Å²) in [6, 6.07) is 5.11. The average molecular weight is 351 g/mol. The second-order valence-electron chi connectivity index (χ2n) is 4.50. The SMILES string of the molecule is O=[N+]([O-])c1cc(-c2nc(-c3ccnc(OCl)c3)no2)cc(O)c1O. The minimum atomic E-state index is -0.846. The van der Waals surface area contributed by atoms with E-state index in [1.54, 1.807) is 6.07 Å². The van der Waals surface area contributed by atoms with Gasteiger partial charge in [0, 0.05) is 23.9 Å². The molecule has 24 heavy (non-hydrogen) atoms. The first-order valence-corrected chi connectivity index (χ1v) is 6.60. The molecule has 0 amide bonds. The second kappa shape index (κ2) is 6.01. The lowest BCUT2D eigenvalue weighted by Gasteiger charge is -2.01. The van der Waals surface area contributed by atoms with E-state index in [-0.39, 0.29) is 23.2 Å². The number of hydrogen-bond acceptors (Lipinski definition) is 9. The first-order valence-electron chi connectivity index (χ1n) is 6.29. The van der Waals surface area contributed by atoms with E-state index in [0.29, 0.717) is 5.56 Å². The third-order valence-corrected chi connectivity index (χ3v) is 3.17. The summed E-state index contributed by atoms with van der Waals surface area (Å²) in [6.45, 7) is 0. The molecule has 2 aromatic heterocycles. The van der Waals surface area contributed by atoms with Crippen LogP contribution in [0.5, 0.6) is 17.4 Å². The van der Waals surface area contributed by atoms with Crippen LogP contribution in [0.2, 0.25) is 0 Å². The van der Waals surface area contributed by atoms with E-state index in [2.05, 4.69) is 19.4 Å². The van der Waals surface area contributed by atoms with Crippen LogP contribution in [0.25, 0.3) is 22.8 Å². The topological polar surface area (TPSA) is 145 Å². The lowest BCUT2D eigenvalue weighted by Crippen LogP contribution is -1.90. The van der Waals surface area contributed by atoms with Crippen molar-refractivity contribution in [2.45, 2.75) is 0 Å². The Morgan fingerprint density at radius 2 is 2.04 bits per heavy atom. The van der Waals surface area contributed by atoms with E-state index >= 15 is 0 Å². The number of phenolic OH excluding ortho intramolecular Hbond substituents is 2. The Morgan fingerprint density at radius 1 is 1.25 bits per heavy atom. The number of hydrogen-bond donors (Lipinski definition) is 2. The van der Waals surface area contributed by atoms with Gasteiger partial charge in [0.1, 0.15) is 11.9 Å². The molecular weight excluding hydrogens is 344 g/mol. The van der Waals surface area contributed by atoms with Gasteiger partial charge >= 0.3 is 5.69 Å². The van der Waals surface area contributed by atoms with Crippen LogP contribution < -0.4 is 4.29 Å². The molecule has 2 heterocycles. The van der Waals surface area contributed by atoms with Crippen molar-refractivity contribution < 1.29 is 23.9 Å². The molecule has 10 nitrogen and oxygen atoms in total. The van der Waals surface area contributed by atoms with Crippen molar-refractivity contribution >= 4 is 17.6 Å². The summed E-state index contributed by atoms with van der Waals surface area (Å²) in [6.07, 6.45) is 1.42. The Morgan fingerprint density at radius 3 is 2.75 bits per heavy atom. The monoisotopic (exact) mass is 350 g/mol. The minimum Gasteiger partial charge on any atom is -0.504 e. The maximum absolute atomic E-state index is 10.9. The lowest BCUT2D eigenvalue weighted by molar-refractivity contribution is -0.385. The van der Waals surface area contributed by atoms with Gasteiger partial charge in [-0.2, -0.15) is 4.98 Å². The molecule has 0 aliphatic rings. The van der Waals surface area contributed by atoms with E-state index in [0.717, 1.165) is 12.1 Å². The van der Waals surface area contributed by atoms with Crippen LogP contribution >= 0.6 is 11.9 Å². The maximum atomic E-state index is 10.9. The van der Waals surface area contributed by atoms with Crippen LogP contribution in [0.1, 0.15) is 0 Å². The maximum Gasteiger partial charge on any atom is 0.315 e. The third-order valence-electron chi connectivity index (χ3n) is 3.01. The average Bonchev–Trinajstić information content (AvgIpc) is 3.07. The molecule has 1 aromatic carbocycles. The van der Waals surface area contributed by atoms with Crippen molar-refractivity contribution in [3.63, 3.8) is 0 Å². The highest BCUT2D eigenvalue weighted by atomic mass is 35.5. The molecule has 0 bridgehead atoms. The molecule has 0 unspecified atom stereocenters. The standard InChI is InChI=1S/C13H7ClN4O6/c14-23-10-5-6(1-2-15-10)12-16-13(24-17-12)7-3-8(18(21)22)11(20)9(19)4-7/h1-5,19-20H. The first kappa shape index (κ1) is 15.5.